The monoisotopic (exact) mass is 218 g/mol. The Bertz CT molecular complexity index is 385. The predicted molar refractivity (Wildman–Crippen MR) is 65.0 cm³/mol. The van der Waals surface area contributed by atoms with E-state index in [9.17, 15) is 4.79 Å². The van der Waals surface area contributed by atoms with Gasteiger partial charge in [0.2, 0.25) is 5.91 Å². The Kier molecular flexibility index (Phi) is 3.13. The third-order valence-corrected chi connectivity index (χ3v) is 2.96. The summed E-state index contributed by atoms with van der Waals surface area (Å²) in [4.78, 5) is 14.0. The molecule has 0 spiro atoms. The highest BCUT2D eigenvalue weighted by Gasteiger charge is 2.30. The molecule has 1 amide bonds. The van der Waals surface area contributed by atoms with Gasteiger partial charge in [0.15, 0.2) is 0 Å². The summed E-state index contributed by atoms with van der Waals surface area (Å²) in [5, 5.41) is 0. The van der Waals surface area contributed by atoms with E-state index >= 15 is 0 Å². The fourth-order valence-corrected chi connectivity index (χ4v) is 2.00. The first-order valence-electron chi connectivity index (χ1n) is 5.84. The van der Waals surface area contributed by atoms with Crippen LogP contribution >= 0.6 is 0 Å². The average molecular weight is 218 g/mol. The van der Waals surface area contributed by atoms with Crippen LogP contribution in [0, 0.1) is 0 Å². The van der Waals surface area contributed by atoms with Gasteiger partial charge in [0, 0.05) is 18.3 Å². The Labute approximate surface area is 96.2 Å². The van der Waals surface area contributed by atoms with Gasteiger partial charge in [0.1, 0.15) is 0 Å². The molecule has 3 nitrogen and oxygen atoms in total. The number of carbonyl (C=O) groups is 1. The van der Waals surface area contributed by atoms with Crippen molar-refractivity contribution in [3.63, 3.8) is 0 Å². The summed E-state index contributed by atoms with van der Waals surface area (Å²) in [6, 6.07) is 8.06. The molecule has 0 atom stereocenters. The lowest BCUT2D eigenvalue weighted by atomic mass is 10.1. The van der Waals surface area contributed by atoms with Crippen LogP contribution in [0.15, 0.2) is 24.3 Å². The predicted octanol–water partition coefficient (Wildman–Crippen LogP) is 1.82. The van der Waals surface area contributed by atoms with Crippen molar-refractivity contribution in [3.05, 3.63) is 29.8 Å². The van der Waals surface area contributed by atoms with Gasteiger partial charge in [-0.05, 0) is 37.5 Å². The Morgan fingerprint density at radius 1 is 1.50 bits per heavy atom. The summed E-state index contributed by atoms with van der Waals surface area (Å²) in [5.41, 5.74) is 7.42. The van der Waals surface area contributed by atoms with Crippen molar-refractivity contribution in [1.29, 1.82) is 0 Å². The lowest BCUT2D eigenvalue weighted by molar-refractivity contribution is -0.130. The second-order valence-electron chi connectivity index (χ2n) is 4.33. The number of hydrogen-bond donors (Lipinski definition) is 1. The molecule has 0 aromatic heterocycles. The minimum atomic E-state index is 0.218. The minimum absolute atomic E-state index is 0.218. The highest BCUT2D eigenvalue weighted by molar-refractivity contribution is 5.79. The first-order valence-corrected chi connectivity index (χ1v) is 5.84. The third kappa shape index (κ3) is 2.54. The summed E-state index contributed by atoms with van der Waals surface area (Å²) in [5.74, 6) is 0.218. The molecule has 86 valence electrons. The van der Waals surface area contributed by atoms with E-state index < -0.39 is 0 Å². The van der Waals surface area contributed by atoms with Crippen LogP contribution in [0.25, 0.3) is 0 Å². The van der Waals surface area contributed by atoms with E-state index in [1.54, 1.807) is 0 Å². The van der Waals surface area contributed by atoms with Gasteiger partial charge >= 0.3 is 0 Å². The number of anilines is 1. The van der Waals surface area contributed by atoms with Crippen molar-refractivity contribution in [3.8, 4) is 0 Å². The molecule has 0 heterocycles. The van der Waals surface area contributed by atoms with Gasteiger partial charge in [-0.25, -0.2) is 0 Å². The number of nitrogens with zero attached hydrogens (tertiary/aromatic N) is 1. The molecule has 0 aliphatic heterocycles. The molecule has 1 fully saturated rings. The molecule has 1 aliphatic carbocycles. The number of benzene rings is 1. The van der Waals surface area contributed by atoms with Crippen LogP contribution in [0.2, 0.25) is 0 Å². The second-order valence-corrected chi connectivity index (χ2v) is 4.33. The first-order chi connectivity index (χ1) is 7.70. The highest BCUT2D eigenvalue weighted by Crippen LogP contribution is 2.27. The highest BCUT2D eigenvalue weighted by atomic mass is 16.2. The van der Waals surface area contributed by atoms with Crippen LogP contribution in [0.5, 0.6) is 0 Å². The Morgan fingerprint density at radius 3 is 2.81 bits per heavy atom. The molecular weight excluding hydrogens is 200 g/mol. The first kappa shape index (κ1) is 11.0. The Hall–Kier alpha value is -1.51. The molecule has 1 aromatic rings. The smallest absolute Gasteiger partial charge is 0.227 e. The van der Waals surface area contributed by atoms with Gasteiger partial charge in [-0.2, -0.15) is 0 Å². The Balaban J connectivity index is 2.00. The molecule has 1 aliphatic rings. The third-order valence-electron chi connectivity index (χ3n) is 2.96. The normalized spacial score (nSPS) is 14.8. The zero-order valence-electron chi connectivity index (χ0n) is 9.65. The van der Waals surface area contributed by atoms with Crippen molar-refractivity contribution in [2.24, 2.45) is 0 Å². The van der Waals surface area contributed by atoms with Gasteiger partial charge in [-0.1, -0.05) is 12.1 Å². The number of hydrogen-bond acceptors (Lipinski definition) is 2. The maximum absolute atomic E-state index is 12.0. The van der Waals surface area contributed by atoms with Crippen LogP contribution in [-0.4, -0.2) is 23.4 Å². The van der Waals surface area contributed by atoms with Gasteiger partial charge in [0.05, 0.1) is 6.42 Å². The van der Waals surface area contributed by atoms with Crippen LogP contribution in [0.3, 0.4) is 0 Å². The number of carbonyl (C=O) groups excluding carboxylic acids is 1. The SMILES string of the molecule is CCN(C(=O)Cc1cccc(N)c1)C1CC1. The van der Waals surface area contributed by atoms with Gasteiger partial charge in [-0.3, -0.25) is 4.79 Å². The lowest BCUT2D eigenvalue weighted by Gasteiger charge is -2.20. The molecule has 3 heteroatoms. The number of likely N-dealkylation sites (N-methyl/N-ethyl adjacent to an activating group) is 1. The summed E-state index contributed by atoms with van der Waals surface area (Å²) in [7, 11) is 0. The van der Waals surface area contributed by atoms with E-state index in [1.165, 1.54) is 0 Å². The molecule has 16 heavy (non-hydrogen) atoms. The number of amides is 1. The second kappa shape index (κ2) is 4.56. The topological polar surface area (TPSA) is 46.3 Å². The van der Waals surface area contributed by atoms with E-state index in [1.807, 2.05) is 36.1 Å². The van der Waals surface area contributed by atoms with Crippen molar-refractivity contribution in [2.75, 3.05) is 12.3 Å². The standard InChI is InChI=1S/C13H18N2O/c1-2-15(12-6-7-12)13(16)9-10-4-3-5-11(14)8-10/h3-5,8,12H,2,6-7,9,14H2,1H3. The Morgan fingerprint density at radius 2 is 2.25 bits per heavy atom. The fourth-order valence-electron chi connectivity index (χ4n) is 2.00. The molecule has 0 saturated heterocycles. The molecular formula is C13H18N2O. The zero-order valence-corrected chi connectivity index (χ0v) is 9.65. The van der Waals surface area contributed by atoms with Crippen LogP contribution < -0.4 is 5.73 Å². The van der Waals surface area contributed by atoms with Crippen molar-refractivity contribution < 1.29 is 4.79 Å². The van der Waals surface area contributed by atoms with E-state index in [4.69, 9.17) is 5.73 Å². The summed E-state index contributed by atoms with van der Waals surface area (Å²) < 4.78 is 0. The zero-order chi connectivity index (χ0) is 11.5. The van der Waals surface area contributed by atoms with Crippen molar-refractivity contribution in [1.82, 2.24) is 4.90 Å². The van der Waals surface area contributed by atoms with Gasteiger partial charge in [-0.15, -0.1) is 0 Å². The van der Waals surface area contributed by atoms with Crippen molar-refractivity contribution >= 4 is 11.6 Å². The molecule has 1 saturated carbocycles. The molecule has 0 radical (unpaired) electrons. The van der Waals surface area contributed by atoms with E-state index in [2.05, 4.69) is 0 Å². The van der Waals surface area contributed by atoms with Gasteiger partial charge < -0.3 is 10.6 Å². The molecule has 0 bridgehead atoms. The van der Waals surface area contributed by atoms with Crippen LogP contribution in [-0.2, 0) is 11.2 Å². The average Bonchev–Trinajstić information content (AvgIpc) is 3.03. The lowest BCUT2D eigenvalue weighted by Crippen LogP contribution is -2.34. The minimum Gasteiger partial charge on any atom is -0.399 e. The number of nitrogens with two attached hydrogens (primary N) is 1. The summed E-state index contributed by atoms with van der Waals surface area (Å²) in [6.07, 6.45) is 2.79. The maximum Gasteiger partial charge on any atom is 0.227 e. The largest absolute Gasteiger partial charge is 0.399 e. The van der Waals surface area contributed by atoms with Crippen LogP contribution in [0.1, 0.15) is 25.3 Å². The molecule has 2 rings (SSSR count). The van der Waals surface area contributed by atoms with Gasteiger partial charge in [0.25, 0.3) is 0 Å². The molecule has 0 unspecified atom stereocenters. The van der Waals surface area contributed by atoms with E-state index in [0.29, 0.717) is 12.5 Å². The summed E-state index contributed by atoms with van der Waals surface area (Å²) >= 11 is 0. The molecule has 1 aromatic carbocycles. The number of nitrogen functional groups attached to an aromatic ring is 1. The molecule has 2 N–H and O–H groups in total. The number of rotatable bonds is 4. The van der Waals surface area contributed by atoms with E-state index in [0.717, 1.165) is 30.6 Å². The quantitative estimate of drug-likeness (QED) is 0.784. The van der Waals surface area contributed by atoms with Crippen LogP contribution in [0.4, 0.5) is 5.69 Å². The fraction of sp³-hybridized carbons (Fsp3) is 0.462. The maximum atomic E-state index is 12.0. The summed E-state index contributed by atoms with van der Waals surface area (Å²) in [6.45, 7) is 2.85. The van der Waals surface area contributed by atoms with Crippen molar-refractivity contribution in [2.45, 2.75) is 32.2 Å². The van der Waals surface area contributed by atoms with E-state index in [-0.39, 0.29) is 5.91 Å².